The number of likely N-dealkylation sites (N-methyl/N-ethyl adjacent to an activating group) is 1. The molecule has 128 valence electrons. The van der Waals surface area contributed by atoms with Gasteiger partial charge in [-0.15, -0.1) is 11.3 Å². The molecular formula is C16H20N4O2S2. The monoisotopic (exact) mass is 364 g/mol. The molecule has 2 aromatic rings. The molecule has 0 aliphatic heterocycles. The fourth-order valence-electron chi connectivity index (χ4n) is 2.81. The van der Waals surface area contributed by atoms with Gasteiger partial charge < -0.3 is 10.6 Å². The third-order valence-corrected chi connectivity index (χ3v) is 6.27. The van der Waals surface area contributed by atoms with Crippen LogP contribution >= 0.6 is 23.1 Å². The summed E-state index contributed by atoms with van der Waals surface area (Å²) in [7, 11) is 1.54. The number of amides is 2. The van der Waals surface area contributed by atoms with E-state index >= 15 is 0 Å². The number of thiophene rings is 1. The van der Waals surface area contributed by atoms with Crippen molar-refractivity contribution in [1.29, 1.82) is 0 Å². The van der Waals surface area contributed by atoms with Crippen LogP contribution in [0.3, 0.4) is 0 Å². The van der Waals surface area contributed by atoms with Crippen LogP contribution in [0.15, 0.2) is 11.4 Å². The molecule has 24 heavy (non-hydrogen) atoms. The molecule has 0 radical (unpaired) electrons. The third-order valence-electron chi connectivity index (χ3n) is 4.12. The SMILES string of the molecule is CNC(=O)CNC(=O)CSc1ncnc2sc3c(c12)CC[C@H](C)C3. The first-order valence-corrected chi connectivity index (χ1v) is 9.74. The summed E-state index contributed by atoms with van der Waals surface area (Å²) in [6.45, 7) is 2.28. The molecule has 2 N–H and O–H groups in total. The minimum absolute atomic E-state index is 0.000809. The molecule has 0 aromatic carbocycles. The first-order valence-electron chi connectivity index (χ1n) is 7.93. The van der Waals surface area contributed by atoms with Crippen molar-refractivity contribution in [2.45, 2.75) is 31.2 Å². The number of hydrogen-bond donors (Lipinski definition) is 2. The number of rotatable bonds is 5. The number of aryl methyl sites for hydroxylation is 1. The van der Waals surface area contributed by atoms with E-state index in [-0.39, 0.29) is 24.1 Å². The van der Waals surface area contributed by atoms with Crippen molar-refractivity contribution in [3.05, 3.63) is 16.8 Å². The second kappa shape index (κ2) is 7.48. The molecule has 2 amide bonds. The maximum Gasteiger partial charge on any atom is 0.239 e. The van der Waals surface area contributed by atoms with Crippen LogP contribution in [-0.4, -0.2) is 41.1 Å². The van der Waals surface area contributed by atoms with Crippen LogP contribution in [0.4, 0.5) is 0 Å². The van der Waals surface area contributed by atoms with Gasteiger partial charge in [0, 0.05) is 17.3 Å². The fraction of sp³-hybridized carbons (Fsp3) is 0.500. The van der Waals surface area contributed by atoms with Gasteiger partial charge in [0.15, 0.2) is 0 Å². The predicted octanol–water partition coefficient (Wildman–Crippen LogP) is 1.77. The van der Waals surface area contributed by atoms with Crippen molar-refractivity contribution in [1.82, 2.24) is 20.6 Å². The summed E-state index contributed by atoms with van der Waals surface area (Å²) in [6.07, 6.45) is 4.91. The Morgan fingerprint density at radius 2 is 2.21 bits per heavy atom. The van der Waals surface area contributed by atoms with E-state index in [1.807, 2.05) is 0 Å². The second-order valence-corrected chi connectivity index (χ2v) is 8.00. The minimum atomic E-state index is -0.209. The number of carbonyl (C=O) groups is 2. The zero-order valence-corrected chi connectivity index (χ0v) is 15.4. The van der Waals surface area contributed by atoms with Crippen molar-refractivity contribution in [2.75, 3.05) is 19.3 Å². The molecule has 3 rings (SSSR count). The van der Waals surface area contributed by atoms with E-state index < -0.39 is 0 Å². The van der Waals surface area contributed by atoms with Crippen molar-refractivity contribution in [3.63, 3.8) is 0 Å². The van der Waals surface area contributed by atoms with Crippen molar-refractivity contribution < 1.29 is 9.59 Å². The van der Waals surface area contributed by atoms with Crippen LogP contribution in [-0.2, 0) is 22.4 Å². The molecule has 1 aliphatic rings. The van der Waals surface area contributed by atoms with Gasteiger partial charge in [-0.2, -0.15) is 0 Å². The topological polar surface area (TPSA) is 84.0 Å². The lowest BCUT2D eigenvalue weighted by molar-refractivity contribution is -0.124. The van der Waals surface area contributed by atoms with E-state index in [1.165, 1.54) is 28.6 Å². The number of thioether (sulfide) groups is 1. The Hall–Kier alpha value is -1.67. The van der Waals surface area contributed by atoms with E-state index in [1.54, 1.807) is 24.7 Å². The highest BCUT2D eigenvalue weighted by atomic mass is 32.2. The molecule has 0 bridgehead atoms. The maximum absolute atomic E-state index is 11.9. The second-order valence-electron chi connectivity index (χ2n) is 5.95. The Kier molecular flexibility index (Phi) is 5.35. The summed E-state index contributed by atoms with van der Waals surface area (Å²) < 4.78 is 0. The Labute approximate surface area is 148 Å². The van der Waals surface area contributed by atoms with Crippen molar-refractivity contribution in [3.8, 4) is 0 Å². The number of carbonyl (C=O) groups excluding carboxylic acids is 2. The molecular weight excluding hydrogens is 344 g/mol. The molecule has 0 fully saturated rings. The van der Waals surface area contributed by atoms with Gasteiger partial charge in [0.05, 0.1) is 12.3 Å². The fourth-order valence-corrected chi connectivity index (χ4v) is 5.08. The van der Waals surface area contributed by atoms with Crippen LogP contribution in [0, 0.1) is 5.92 Å². The van der Waals surface area contributed by atoms with E-state index in [0.717, 1.165) is 28.1 Å². The summed E-state index contributed by atoms with van der Waals surface area (Å²) in [6, 6.07) is 0. The quantitative estimate of drug-likeness (QED) is 0.624. The zero-order chi connectivity index (χ0) is 17.1. The highest BCUT2D eigenvalue weighted by Gasteiger charge is 2.23. The highest BCUT2D eigenvalue weighted by Crippen LogP contribution is 2.40. The average molecular weight is 364 g/mol. The number of nitrogens with one attached hydrogen (secondary N) is 2. The highest BCUT2D eigenvalue weighted by molar-refractivity contribution is 8.00. The van der Waals surface area contributed by atoms with Crippen LogP contribution in [0.25, 0.3) is 10.2 Å². The lowest BCUT2D eigenvalue weighted by atomic mass is 9.89. The van der Waals surface area contributed by atoms with Crippen LogP contribution in [0.5, 0.6) is 0 Å². The summed E-state index contributed by atoms with van der Waals surface area (Å²) in [5.74, 6) is 0.571. The Balaban J connectivity index is 1.73. The predicted molar refractivity (Wildman–Crippen MR) is 96.4 cm³/mol. The Morgan fingerprint density at radius 1 is 1.38 bits per heavy atom. The molecule has 2 aromatic heterocycles. The van der Waals surface area contributed by atoms with Crippen molar-refractivity contribution in [2.24, 2.45) is 5.92 Å². The van der Waals surface area contributed by atoms with Gasteiger partial charge in [0.2, 0.25) is 11.8 Å². The molecule has 0 unspecified atom stereocenters. The van der Waals surface area contributed by atoms with E-state index in [9.17, 15) is 9.59 Å². The van der Waals surface area contributed by atoms with Crippen LogP contribution in [0.1, 0.15) is 23.8 Å². The summed E-state index contributed by atoms with van der Waals surface area (Å²) in [4.78, 5) is 34.3. The van der Waals surface area contributed by atoms with Gasteiger partial charge in [-0.25, -0.2) is 9.97 Å². The first kappa shape index (κ1) is 17.2. The molecule has 0 saturated heterocycles. The number of hydrogen-bond acceptors (Lipinski definition) is 6. The third kappa shape index (κ3) is 3.70. The zero-order valence-electron chi connectivity index (χ0n) is 13.7. The molecule has 0 saturated carbocycles. The van der Waals surface area contributed by atoms with Gasteiger partial charge in [0.25, 0.3) is 0 Å². The standard InChI is InChI=1S/C16H20N4O2S2/c1-9-3-4-10-11(5-9)24-16-14(10)15(19-8-20-16)23-7-13(22)18-6-12(21)17-2/h8-9H,3-7H2,1-2H3,(H,17,21)(H,18,22)/t9-/m0/s1. The van der Waals surface area contributed by atoms with Gasteiger partial charge in [-0.05, 0) is 30.7 Å². The van der Waals surface area contributed by atoms with E-state index in [2.05, 4.69) is 27.5 Å². The lowest BCUT2D eigenvalue weighted by Gasteiger charge is -2.18. The van der Waals surface area contributed by atoms with Crippen molar-refractivity contribution >= 4 is 45.1 Å². The normalized spacial score (nSPS) is 16.7. The maximum atomic E-state index is 11.9. The number of nitrogens with zero attached hydrogens (tertiary/aromatic N) is 2. The molecule has 1 atom stereocenters. The Bertz CT molecular complexity index is 775. The average Bonchev–Trinajstić information content (AvgIpc) is 2.95. The number of fused-ring (bicyclic) bond motifs is 3. The smallest absolute Gasteiger partial charge is 0.239 e. The van der Waals surface area contributed by atoms with Gasteiger partial charge >= 0.3 is 0 Å². The summed E-state index contributed by atoms with van der Waals surface area (Å²) in [5, 5.41) is 7.06. The largest absolute Gasteiger partial charge is 0.358 e. The van der Waals surface area contributed by atoms with Gasteiger partial charge in [0.1, 0.15) is 16.2 Å². The molecule has 6 nitrogen and oxygen atoms in total. The van der Waals surface area contributed by atoms with E-state index in [4.69, 9.17) is 0 Å². The van der Waals surface area contributed by atoms with Gasteiger partial charge in [-0.1, -0.05) is 18.7 Å². The summed E-state index contributed by atoms with van der Waals surface area (Å²) >= 11 is 3.16. The van der Waals surface area contributed by atoms with E-state index in [0.29, 0.717) is 5.92 Å². The molecule has 1 aliphatic carbocycles. The first-order chi connectivity index (χ1) is 11.6. The molecule has 0 spiro atoms. The summed E-state index contributed by atoms with van der Waals surface area (Å²) in [5.41, 5.74) is 1.36. The minimum Gasteiger partial charge on any atom is -0.358 e. The Morgan fingerprint density at radius 3 is 3.00 bits per heavy atom. The number of aromatic nitrogens is 2. The van der Waals surface area contributed by atoms with Crippen LogP contribution in [0.2, 0.25) is 0 Å². The molecule has 8 heteroatoms. The van der Waals surface area contributed by atoms with Crippen LogP contribution < -0.4 is 10.6 Å². The molecule has 2 heterocycles. The van der Waals surface area contributed by atoms with Gasteiger partial charge in [-0.3, -0.25) is 9.59 Å². The lowest BCUT2D eigenvalue weighted by Crippen LogP contribution is -2.36.